The van der Waals surface area contributed by atoms with Gasteiger partial charge in [-0.1, -0.05) is 5.16 Å². The Morgan fingerprint density at radius 2 is 1.88 bits per heavy atom. The van der Waals surface area contributed by atoms with Crippen molar-refractivity contribution in [2.45, 2.75) is 45.2 Å². The average Bonchev–Trinajstić information content (AvgIpc) is 2.31. The molecule has 1 heterocycles. The van der Waals surface area contributed by atoms with Crippen molar-refractivity contribution in [1.82, 2.24) is 9.80 Å². The van der Waals surface area contributed by atoms with Gasteiger partial charge < -0.3 is 15.8 Å². The zero-order chi connectivity index (χ0) is 12.8. The Bertz CT molecular complexity index is 245. The van der Waals surface area contributed by atoms with Crippen LogP contribution in [0.2, 0.25) is 0 Å². The van der Waals surface area contributed by atoms with Crippen LogP contribution in [0.15, 0.2) is 5.16 Å². The van der Waals surface area contributed by atoms with Crippen LogP contribution in [0.1, 0.15) is 33.1 Å². The highest BCUT2D eigenvalue weighted by atomic mass is 16.4. The van der Waals surface area contributed by atoms with Crippen LogP contribution in [0.4, 0.5) is 0 Å². The molecule has 1 aliphatic heterocycles. The number of nitrogens with two attached hydrogens (primary N) is 1. The molecule has 0 aromatic carbocycles. The summed E-state index contributed by atoms with van der Waals surface area (Å²) in [6, 6.07) is 1.26. The van der Waals surface area contributed by atoms with Gasteiger partial charge in [-0.25, -0.2) is 0 Å². The summed E-state index contributed by atoms with van der Waals surface area (Å²) in [6.07, 6.45) is 2.79. The summed E-state index contributed by atoms with van der Waals surface area (Å²) in [4.78, 5) is 4.95. The fourth-order valence-electron chi connectivity index (χ4n) is 2.39. The standard InChI is InChI=1S/C12H26N4O/c1-10-8-16(9-11(2)15(10)3)7-5-4-6-12(13)14-17/h10-11,17H,4-9H2,1-3H3,(H2,13,14). The third-order valence-electron chi connectivity index (χ3n) is 3.72. The molecule has 5 nitrogen and oxygen atoms in total. The molecule has 100 valence electrons. The van der Waals surface area contributed by atoms with Crippen LogP contribution < -0.4 is 5.73 Å². The van der Waals surface area contributed by atoms with E-state index in [-0.39, 0.29) is 0 Å². The van der Waals surface area contributed by atoms with Crippen molar-refractivity contribution in [3.8, 4) is 0 Å². The summed E-state index contributed by atoms with van der Waals surface area (Å²) in [6.45, 7) is 7.95. The molecule has 0 aromatic heterocycles. The third kappa shape index (κ3) is 4.52. The van der Waals surface area contributed by atoms with Gasteiger partial charge in [-0.15, -0.1) is 0 Å². The smallest absolute Gasteiger partial charge is 0.139 e. The number of unbranched alkanes of at least 4 members (excludes halogenated alkanes) is 1. The molecule has 0 radical (unpaired) electrons. The maximum atomic E-state index is 8.43. The van der Waals surface area contributed by atoms with Gasteiger partial charge in [-0.3, -0.25) is 4.90 Å². The molecule has 0 amide bonds. The largest absolute Gasteiger partial charge is 0.409 e. The molecule has 1 fully saturated rings. The molecule has 5 heteroatoms. The number of amidine groups is 1. The third-order valence-corrected chi connectivity index (χ3v) is 3.72. The first kappa shape index (κ1) is 14.3. The lowest BCUT2D eigenvalue weighted by atomic mass is 10.1. The lowest BCUT2D eigenvalue weighted by molar-refractivity contribution is 0.0593. The second kappa shape index (κ2) is 6.81. The van der Waals surface area contributed by atoms with E-state index in [1.54, 1.807) is 0 Å². The Morgan fingerprint density at radius 3 is 2.41 bits per heavy atom. The van der Waals surface area contributed by atoms with Crippen molar-refractivity contribution in [3.63, 3.8) is 0 Å². The highest BCUT2D eigenvalue weighted by molar-refractivity contribution is 5.79. The molecule has 1 rings (SSSR count). The number of hydrogen-bond acceptors (Lipinski definition) is 4. The highest BCUT2D eigenvalue weighted by Gasteiger charge is 2.25. The quantitative estimate of drug-likeness (QED) is 0.247. The molecule has 0 aromatic rings. The van der Waals surface area contributed by atoms with E-state index in [1.807, 2.05) is 0 Å². The van der Waals surface area contributed by atoms with E-state index >= 15 is 0 Å². The fraction of sp³-hybridized carbons (Fsp3) is 0.917. The average molecular weight is 242 g/mol. The number of oxime groups is 1. The van der Waals surface area contributed by atoms with Crippen molar-refractivity contribution in [1.29, 1.82) is 0 Å². The van der Waals surface area contributed by atoms with Crippen LogP contribution in [-0.4, -0.2) is 59.6 Å². The van der Waals surface area contributed by atoms with Crippen molar-refractivity contribution in [2.75, 3.05) is 26.7 Å². The second-order valence-corrected chi connectivity index (χ2v) is 5.17. The zero-order valence-corrected chi connectivity index (χ0v) is 11.3. The van der Waals surface area contributed by atoms with E-state index in [2.05, 4.69) is 35.9 Å². The Hall–Kier alpha value is -0.810. The first-order chi connectivity index (χ1) is 8.04. The summed E-state index contributed by atoms with van der Waals surface area (Å²) in [7, 11) is 2.20. The number of likely N-dealkylation sites (N-methyl/N-ethyl adjacent to an activating group) is 1. The van der Waals surface area contributed by atoms with Crippen LogP contribution in [0.5, 0.6) is 0 Å². The lowest BCUT2D eigenvalue weighted by Gasteiger charge is -2.42. The molecule has 2 unspecified atom stereocenters. The van der Waals surface area contributed by atoms with E-state index in [1.165, 1.54) is 0 Å². The van der Waals surface area contributed by atoms with E-state index < -0.39 is 0 Å². The van der Waals surface area contributed by atoms with Crippen molar-refractivity contribution >= 4 is 5.84 Å². The maximum absolute atomic E-state index is 8.43. The van der Waals surface area contributed by atoms with Crippen LogP contribution in [0.25, 0.3) is 0 Å². The minimum absolute atomic E-state index is 0.338. The molecule has 3 N–H and O–H groups in total. The lowest BCUT2D eigenvalue weighted by Crippen LogP contribution is -2.54. The zero-order valence-electron chi connectivity index (χ0n) is 11.3. The molecular formula is C12H26N4O. The molecule has 0 aliphatic carbocycles. The van der Waals surface area contributed by atoms with Crippen LogP contribution in [0.3, 0.4) is 0 Å². The van der Waals surface area contributed by atoms with Gasteiger partial charge in [0.1, 0.15) is 5.84 Å². The normalized spacial score (nSPS) is 28.5. The highest BCUT2D eigenvalue weighted by Crippen LogP contribution is 2.13. The first-order valence-corrected chi connectivity index (χ1v) is 6.45. The van der Waals surface area contributed by atoms with E-state index in [0.717, 1.165) is 32.5 Å². The summed E-state index contributed by atoms with van der Waals surface area (Å²) in [5, 5.41) is 11.4. The van der Waals surface area contributed by atoms with Gasteiger partial charge in [0.25, 0.3) is 0 Å². The van der Waals surface area contributed by atoms with Crippen LogP contribution in [0, 0.1) is 0 Å². The van der Waals surface area contributed by atoms with Gasteiger partial charge in [-0.05, 0) is 40.3 Å². The molecule has 0 bridgehead atoms. The van der Waals surface area contributed by atoms with Crippen LogP contribution >= 0.6 is 0 Å². The van der Waals surface area contributed by atoms with Gasteiger partial charge in [0, 0.05) is 31.6 Å². The number of nitrogens with zero attached hydrogens (tertiary/aromatic N) is 3. The Kier molecular flexibility index (Phi) is 5.71. The fourth-order valence-corrected chi connectivity index (χ4v) is 2.39. The SMILES string of the molecule is CC1CN(CCCCC(N)=NO)CC(C)N1C. The minimum atomic E-state index is 0.338. The molecule has 17 heavy (non-hydrogen) atoms. The number of piperazine rings is 1. The molecule has 0 saturated carbocycles. The molecule has 1 aliphatic rings. The minimum Gasteiger partial charge on any atom is -0.409 e. The predicted octanol–water partition coefficient (Wildman–Crippen LogP) is 0.928. The molecule has 2 atom stereocenters. The van der Waals surface area contributed by atoms with E-state index in [0.29, 0.717) is 24.3 Å². The molecule has 1 saturated heterocycles. The predicted molar refractivity (Wildman–Crippen MR) is 70.4 cm³/mol. The topological polar surface area (TPSA) is 65.1 Å². The Morgan fingerprint density at radius 1 is 1.29 bits per heavy atom. The molecular weight excluding hydrogens is 216 g/mol. The van der Waals surface area contributed by atoms with Gasteiger partial charge in [0.15, 0.2) is 0 Å². The van der Waals surface area contributed by atoms with Crippen molar-refractivity contribution in [2.24, 2.45) is 10.9 Å². The summed E-state index contributed by atoms with van der Waals surface area (Å²) in [5.74, 6) is 0.338. The summed E-state index contributed by atoms with van der Waals surface area (Å²) < 4.78 is 0. The van der Waals surface area contributed by atoms with E-state index in [4.69, 9.17) is 10.9 Å². The first-order valence-electron chi connectivity index (χ1n) is 6.45. The Balaban J connectivity index is 2.20. The molecule has 0 spiro atoms. The van der Waals surface area contributed by atoms with Gasteiger partial charge in [0.05, 0.1) is 0 Å². The number of hydrogen-bond donors (Lipinski definition) is 2. The summed E-state index contributed by atoms with van der Waals surface area (Å²) >= 11 is 0. The van der Waals surface area contributed by atoms with Gasteiger partial charge >= 0.3 is 0 Å². The van der Waals surface area contributed by atoms with Crippen LogP contribution in [-0.2, 0) is 0 Å². The summed E-state index contributed by atoms with van der Waals surface area (Å²) in [5.41, 5.74) is 5.43. The van der Waals surface area contributed by atoms with Gasteiger partial charge in [-0.2, -0.15) is 0 Å². The maximum Gasteiger partial charge on any atom is 0.139 e. The number of rotatable bonds is 5. The van der Waals surface area contributed by atoms with Crippen molar-refractivity contribution < 1.29 is 5.21 Å². The second-order valence-electron chi connectivity index (χ2n) is 5.17. The van der Waals surface area contributed by atoms with Crippen molar-refractivity contribution in [3.05, 3.63) is 0 Å². The monoisotopic (exact) mass is 242 g/mol. The Labute approximate surface area is 104 Å². The van der Waals surface area contributed by atoms with E-state index in [9.17, 15) is 0 Å². The van der Waals surface area contributed by atoms with Gasteiger partial charge in [0.2, 0.25) is 0 Å².